The molecule has 3 rings (SSSR count). The highest BCUT2D eigenvalue weighted by atomic mass is 19.1. The van der Waals surface area contributed by atoms with Crippen molar-refractivity contribution in [1.29, 1.82) is 0 Å². The molecule has 2 amide bonds. The van der Waals surface area contributed by atoms with E-state index in [1.54, 1.807) is 37.6 Å². The molecule has 0 radical (unpaired) electrons. The normalized spacial score (nSPS) is 11.5. The van der Waals surface area contributed by atoms with E-state index in [0.29, 0.717) is 23.7 Å². The van der Waals surface area contributed by atoms with Crippen LogP contribution in [0.5, 0.6) is 11.6 Å². The van der Waals surface area contributed by atoms with Gasteiger partial charge in [-0.05, 0) is 23.8 Å². The third-order valence-electron chi connectivity index (χ3n) is 4.20. The second-order valence-corrected chi connectivity index (χ2v) is 6.23. The molecule has 1 heterocycles. The Balaban J connectivity index is 1.55. The van der Waals surface area contributed by atoms with E-state index in [2.05, 4.69) is 15.6 Å². The fraction of sp³-hybridized carbons (Fsp3) is 0.182. The number of amides is 2. The first kappa shape index (κ1) is 20.3. The Morgan fingerprint density at radius 3 is 2.66 bits per heavy atom. The number of hydrogen-bond donors (Lipinski definition) is 2. The minimum atomic E-state index is -0.399. The maximum Gasteiger partial charge on any atom is 0.315 e. The standard InChI is InChI=1S/C22H22FN3O3/c1-28-20(16-7-3-2-4-8-16)15-26-22(27)25-14-17-9-6-12-24-21(17)29-19-11-5-10-18(23)13-19/h2-13,20H,14-15H2,1H3,(H2,25,26,27). The average molecular weight is 395 g/mol. The lowest BCUT2D eigenvalue weighted by molar-refractivity contribution is 0.104. The van der Waals surface area contributed by atoms with Crippen LogP contribution >= 0.6 is 0 Å². The van der Waals surface area contributed by atoms with Gasteiger partial charge in [0.2, 0.25) is 5.88 Å². The van der Waals surface area contributed by atoms with Crippen LogP contribution in [-0.2, 0) is 11.3 Å². The summed E-state index contributed by atoms with van der Waals surface area (Å²) in [5.41, 5.74) is 1.65. The zero-order valence-corrected chi connectivity index (χ0v) is 16.0. The molecule has 3 aromatic rings. The number of hydrogen-bond acceptors (Lipinski definition) is 4. The van der Waals surface area contributed by atoms with E-state index in [4.69, 9.17) is 9.47 Å². The van der Waals surface area contributed by atoms with Gasteiger partial charge in [-0.1, -0.05) is 42.5 Å². The maximum absolute atomic E-state index is 13.4. The van der Waals surface area contributed by atoms with E-state index in [1.165, 1.54) is 12.1 Å². The summed E-state index contributed by atoms with van der Waals surface area (Å²) in [5.74, 6) is 0.237. The topological polar surface area (TPSA) is 72.5 Å². The van der Waals surface area contributed by atoms with E-state index in [0.717, 1.165) is 5.56 Å². The second-order valence-electron chi connectivity index (χ2n) is 6.23. The third-order valence-corrected chi connectivity index (χ3v) is 4.20. The van der Waals surface area contributed by atoms with Crippen molar-refractivity contribution in [3.8, 4) is 11.6 Å². The number of nitrogens with one attached hydrogen (secondary N) is 2. The molecule has 0 fully saturated rings. The first-order valence-corrected chi connectivity index (χ1v) is 9.12. The Morgan fingerprint density at radius 1 is 1.07 bits per heavy atom. The molecular weight excluding hydrogens is 373 g/mol. The number of rotatable bonds is 8. The Kier molecular flexibility index (Phi) is 7.13. The van der Waals surface area contributed by atoms with Crippen molar-refractivity contribution in [2.75, 3.05) is 13.7 Å². The average Bonchev–Trinajstić information content (AvgIpc) is 2.74. The minimum Gasteiger partial charge on any atom is -0.439 e. The lowest BCUT2D eigenvalue weighted by Gasteiger charge is -2.17. The molecular formula is C22H22FN3O3. The third kappa shape index (κ3) is 6.02. The zero-order valence-electron chi connectivity index (χ0n) is 16.0. The summed E-state index contributed by atoms with van der Waals surface area (Å²) in [7, 11) is 1.60. The molecule has 0 aliphatic heterocycles. The summed E-state index contributed by atoms with van der Waals surface area (Å²) in [6, 6.07) is 18.6. The summed E-state index contributed by atoms with van der Waals surface area (Å²) in [4.78, 5) is 16.4. The van der Waals surface area contributed by atoms with Gasteiger partial charge < -0.3 is 20.1 Å². The number of carbonyl (C=O) groups is 1. The lowest BCUT2D eigenvalue weighted by atomic mass is 10.1. The van der Waals surface area contributed by atoms with E-state index < -0.39 is 5.82 Å². The number of halogens is 1. The van der Waals surface area contributed by atoms with Gasteiger partial charge in [0.15, 0.2) is 0 Å². The number of benzene rings is 2. The predicted molar refractivity (Wildman–Crippen MR) is 107 cm³/mol. The molecule has 0 aliphatic carbocycles. The van der Waals surface area contributed by atoms with E-state index in [-0.39, 0.29) is 18.7 Å². The van der Waals surface area contributed by atoms with Crippen molar-refractivity contribution in [3.05, 3.63) is 89.9 Å². The Hall–Kier alpha value is -3.45. The summed E-state index contributed by atoms with van der Waals surface area (Å²) in [5, 5.41) is 5.56. The summed E-state index contributed by atoms with van der Waals surface area (Å²) in [6.45, 7) is 0.527. The number of methoxy groups -OCH3 is 1. The quantitative estimate of drug-likeness (QED) is 0.600. The molecule has 6 nitrogen and oxygen atoms in total. The van der Waals surface area contributed by atoms with Gasteiger partial charge in [-0.3, -0.25) is 0 Å². The van der Waals surface area contributed by atoms with Crippen molar-refractivity contribution in [1.82, 2.24) is 15.6 Å². The van der Waals surface area contributed by atoms with Crippen molar-refractivity contribution in [3.63, 3.8) is 0 Å². The molecule has 2 N–H and O–H groups in total. The molecule has 0 bridgehead atoms. The predicted octanol–water partition coefficient (Wildman–Crippen LogP) is 4.20. The van der Waals surface area contributed by atoms with Crippen LogP contribution in [0.2, 0.25) is 0 Å². The van der Waals surface area contributed by atoms with Crippen molar-refractivity contribution >= 4 is 6.03 Å². The Morgan fingerprint density at radius 2 is 1.90 bits per heavy atom. The molecule has 1 unspecified atom stereocenters. The fourth-order valence-corrected chi connectivity index (χ4v) is 2.72. The monoisotopic (exact) mass is 395 g/mol. The van der Waals surface area contributed by atoms with Crippen LogP contribution in [-0.4, -0.2) is 24.7 Å². The van der Waals surface area contributed by atoms with Gasteiger partial charge in [-0.2, -0.15) is 0 Å². The first-order chi connectivity index (χ1) is 14.2. The molecule has 1 atom stereocenters. The number of carbonyl (C=O) groups excluding carboxylic acids is 1. The van der Waals surface area contributed by atoms with Crippen molar-refractivity contribution in [2.24, 2.45) is 0 Å². The van der Waals surface area contributed by atoms with Crippen LogP contribution in [0.3, 0.4) is 0 Å². The van der Waals surface area contributed by atoms with Crippen molar-refractivity contribution < 1.29 is 18.7 Å². The van der Waals surface area contributed by atoms with E-state index >= 15 is 0 Å². The van der Waals surface area contributed by atoms with Gasteiger partial charge in [0.1, 0.15) is 11.6 Å². The fourth-order valence-electron chi connectivity index (χ4n) is 2.72. The van der Waals surface area contributed by atoms with Gasteiger partial charge in [0.05, 0.1) is 6.10 Å². The minimum absolute atomic E-state index is 0.202. The SMILES string of the molecule is COC(CNC(=O)NCc1cccnc1Oc1cccc(F)c1)c1ccccc1. The molecule has 2 aromatic carbocycles. The van der Waals surface area contributed by atoms with E-state index in [9.17, 15) is 9.18 Å². The zero-order chi connectivity index (χ0) is 20.5. The smallest absolute Gasteiger partial charge is 0.315 e. The van der Waals surface area contributed by atoms with Crippen LogP contribution in [0, 0.1) is 5.82 Å². The largest absolute Gasteiger partial charge is 0.439 e. The van der Waals surface area contributed by atoms with Crippen LogP contribution < -0.4 is 15.4 Å². The highest BCUT2D eigenvalue weighted by molar-refractivity contribution is 5.73. The number of nitrogens with zero attached hydrogens (tertiary/aromatic N) is 1. The first-order valence-electron chi connectivity index (χ1n) is 9.12. The van der Waals surface area contributed by atoms with Crippen molar-refractivity contribution in [2.45, 2.75) is 12.6 Å². The van der Waals surface area contributed by atoms with Gasteiger partial charge in [-0.15, -0.1) is 0 Å². The molecule has 29 heavy (non-hydrogen) atoms. The van der Waals surface area contributed by atoms with Gasteiger partial charge in [0, 0.05) is 38.0 Å². The van der Waals surface area contributed by atoms with Gasteiger partial charge in [-0.25, -0.2) is 14.2 Å². The number of urea groups is 1. The summed E-state index contributed by atoms with van der Waals surface area (Å²) in [6.07, 6.45) is 1.33. The molecule has 150 valence electrons. The number of ether oxygens (including phenoxy) is 2. The number of pyridine rings is 1. The van der Waals surface area contributed by atoms with Crippen LogP contribution in [0.1, 0.15) is 17.2 Å². The van der Waals surface area contributed by atoms with E-state index in [1.807, 2.05) is 30.3 Å². The highest BCUT2D eigenvalue weighted by Crippen LogP contribution is 2.23. The number of aromatic nitrogens is 1. The second kappa shape index (κ2) is 10.2. The molecule has 0 saturated carbocycles. The Labute approximate surface area is 168 Å². The van der Waals surface area contributed by atoms with Crippen LogP contribution in [0.25, 0.3) is 0 Å². The molecule has 0 saturated heterocycles. The Bertz CT molecular complexity index is 937. The summed E-state index contributed by atoms with van der Waals surface area (Å²) < 4.78 is 24.4. The lowest BCUT2D eigenvalue weighted by Crippen LogP contribution is -2.37. The summed E-state index contributed by atoms with van der Waals surface area (Å²) >= 11 is 0. The molecule has 1 aromatic heterocycles. The van der Waals surface area contributed by atoms with Crippen LogP contribution in [0.15, 0.2) is 72.9 Å². The van der Waals surface area contributed by atoms with Gasteiger partial charge in [0.25, 0.3) is 0 Å². The molecule has 7 heteroatoms. The van der Waals surface area contributed by atoms with Crippen LogP contribution in [0.4, 0.5) is 9.18 Å². The highest BCUT2D eigenvalue weighted by Gasteiger charge is 2.12. The maximum atomic E-state index is 13.4. The molecule has 0 aliphatic rings. The van der Waals surface area contributed by atoms with Gasteiger partial charge >= 0.3 is 6.03 Å². The molecule has 0 spiro atoms.